The van der Waals surface area contributed by atoms with Crippen LogP contribution in [0.3, 0.4) is 0 Å². The van der Waals surface area contributed by atoms with Crippen LogP contribution < -0.4 is 5.32 Å². The number of hydrogen-bond acceptors (Lipinski definition) is 5. The Kier molecular flexibility index (Phi) is 3.92. The van der Waals surface area contributed by atoms with Gasteiger partial charge >= 0.3 is 0 Å². The van der Waals surface area contributed by atoms with Gasteiger partial charge in [0, 0.05) is 51.0 Å². The third-order valence-corrected chi connectivity index (χ3v) is 5.05. The fourth-order valence-electron chi connectivity index (χ4n) is 3.57. The highest BCUT2D eigenvalue weighted by atomic mass is 15.4. The monoisotopic (exact) mass is 290 g/mol. The minimum absolute atomic E-state index is 0.734. The third-order valence-electron chi connectivity index (χ3n) is 5.05. The van der Waals surface area contributed by atoms with Gasteiger partial charge in [0.05, 0.1) is 12.2 Å². The second kappa shape index (κ2) is 6.02. The second-order valence-corrected chi connectivity index (χ2v) is 6.76. The Morgan fingerprint density at radius 1 is 1.14 bits per heavy atom. The Morgan fingerprint density at radius 2 is 2.10 bits per heavy atom. The van der Waals surface area contributed by atoms with Gasteiger partial charge in [-0.2, -0.15) is 0 Å². The molecule has 116 valence electrons. The maximum atomic E-state index is 4.26. The van der Waals surface area contributed by atoms with Crippen molar-refractivity contribution in [2.45, 2.75) is 50.9 Å². The number of hydrogen-bond donors (Lipinski definition) is 1. The van der Waals surface area contributed by atoms with Gasteiger partial charge in [0.15, 0.2) is 0 Å². The Morgan fingerprint density at radius 3 is 3.00 bits per heavy atom. The van der Waals surface area contributed by atoms with E-state index in [9.17, 15) is 0 Å². The lowest BCUT2D eigenvalue weighted by atomic mass is 10.1. The van der Waals surface area contributed by atoms with Crippen molar-refractivity contribution < 1.29 is 0 Å². The minimum atomic E-state index is 0.734. The van der Waals surface area contributed by atoms with Crippen LogP contribution >= 0.6 is 0 Å². The van der Waals surface area contributed by atoms with Crippen LogP contribution in [0.15, 0.2) is 6.20 Å². The molecule has 0 amide bonds. The van der Waals surface area contributed by atoms with E-state index in [0.29, 0.717) is 0 Å². The number of piperazine rings is 1. The molecule has 0 bridgehead atoms. The lowest BCUT2D eigenvalue weighted by Gasteiger charge is -2.37. The van der Waals surface area contributed by atoms with Gasteiger partial charge in [0.2, 0.25) is 0 Å². The minimum Gasteiger partial charge on any atom is -0.308 e. The van der Waals surface area contributed by atoms with Crippen LogP contribution in [-0.2, 0) is 13.1 Å². The summed E-state index contributed by atoms with van der Waals surface area (Å²) >= 11 is 0. The molecule has 21 heavy (non-hydrogen) atoms. The molecule has 1 unspecified atom stereocenters. The van der Waals surface area contributed by atoms with E-state index in [-0.39, 0.29) is 0 Å². The molecular formula is C15H26N6. The summed E-state index contributed by atoms with van der Waals surface area (Å²) in [6, 6.07) is 1.55. The Hall–Kier alpha value is -0.980. The standard InChI is InChI=1S/C15H26N6/c1-2-15-12-19(6-8-20(15)5-1)7-9-21-11-14(17-18-21)10-16-13-3-4-13/h11,13,15-16H,1-10,12H2. The zero-order chi connectivity index (χ0) is 14.1. The summed E-state index contributed by atoms with van der Waals surface area (Å²) in [6.07, 6.45) is 7.51. The van der Waals surface area contributed by atoms with Crippen molar-refractivity contribution in [1.29, 1.82) is 0 Å². The van der Waals surface area contributed by atoms with Crippen LogP contribution in [0.2, 0.25) is 0 Å². The summed E-state index contributed by atoms with van der Waals surface area (Å²) in [5.41, 5.74) is 1.07. The van der Waals surface area contributed by atoms with E-state index < -0.39 is 0 Å². The molecule has 4 rings (SSSR count). The molecule has 1 atom stereocenters. The highest BCUT2D eigenvalue weighted by Gasteiger charge is 2.30. The van der Waals surface area contributed by atoms with E-state index in [4.69, 9.17) is 0 Å². The quantitative estimate of drug-likeness (QED) is 0.817. The third kappa shape index (κ3) is 3.44. The molecule has 0 spiro atoms. The van der Waals surface area contributed by atoms with Gasteiger partial charge in [-0.25, -0.2) is 0 Å². The van der Waals surface area contributed by atoms with Crippen LogP contribution in [0.4, 0.5) is 0 Å². The van der Waals surface area contributed by atoms with Gasteiger partial charge in [-0.15, -0.1) is 5.10 Å². The molecular weight excluding hydrogens is 264 g/mol. The first kappa shape index (κ1) is 13.7. The zero-order valence-corrected chi connectivity index (χ0v) is 12.7. The molecule has 1 N–H and O–H groups in total. The molecule has 3 heterocycles. The van der Waals surface area contributed by atoms with Crippen molar-refractivity contribution in [2.75, 3.05) is 32.7 Å². The Bertz CT molecular complexity index is 468. The summed E-state index contributed by atoms with van der Waals surface area (Å²) in [6.45, 7) is 7.95. The molecule has 1 aromatic heterocycles. The van der Waals surface area contributed by atoms with E-state index in [1.165, 1.54) is 51.9 Å². The fourth-order valence-corrected chi connectivity index (χ4v) is 3.57. The van der Waals surface area contributed by atoms with E-state index in [0.717, 1.165) is 37.4 Å². The Balaban J connectivity index is 1.22. The maximum Gasteiger partial charge on any atom is 0.0964 e. The number of fused-ring (bicyclic) bond motifs is 1. The molecule has 0 radical (unpaired) electrons. The molecule has 2 aliphatic heterocycles. The Labute approximate surface area is 126 Å². The van der Waals surface area contributed by atoms with Crippen LogP contribution in [0.1, 0.15) is 31.4 Å². The maximum absolute atomic E-state index is 4.26. The molecule has 3 aliphatic rings. The largest absolute Gasteiger partial charge is 0.308 e. The first-order chi connectivity index (χ1) is 10.4. The average molecular weight is 290 g/mol. The normalized spacial score (nSPS) is 27.1. The number of nitrogens with zero attached hydrogens (tertiary/aromatic N) is 5. The summed E-state index contributed by atoms with van der Waals surface area (Å²) in [5, 5.41) is 12.0. The summed E-state index contributed by atoms with van der Waals surface area (Å²) in [5.74, 6) is 0. The van der Waals surface area contributed by atoms with Crippen molar-refractivity contribution >= 4 is 0 Å². The van der Waals surface area contributed by atoms with Crippen molar-refractivity contribution in [3.63, 3.8) is 0 Å². The topological polar surface area (TPSA) is 49.2 Å². The average Bonchev–Trinajstić information content (AvgIpc) is 3.04. The van der Waals surface area contributed by atoms with E-state index >= 15 is 0 Å². The number of rotatable bonds is 6. The molecule has 1 aromatic rings. The number of aromatic nitrogens is 3. The first-order valence-electron chi connectivity index (χ1n) is 8.45. The van der Waals surface area contributed by atoms with E-state index in [1.807, 2.05) is 4.68 Å². The molecule has 1 saturated carbocycles. The molecule has 0 aromatic carbocycles. The van der Waals surface area contributed by atoms with Crippen molar-refractivity contribution in [2.24, 2.45) is 0 Å². The van der Waals surface area contributed by atoms with Crippen molar-refractivity contribution in [3.05, 3.63) is 11.9 Å². The molecule has 1 aliphatic carbocycles. The van der Waals surface area contributed by atoms with Crippen molar-refractivity contribution in [3.8, 4) is 0 Å². The van der Waals surface area contributed by atoms with Crippen LogP contribution in [0.5, 0.6) is 0 Å². The van der Waals surface area contributed by atoms with Crippen LogP contribution in [0.25, 0.3) is 0 Å². The lowest BCUT2D eigenvalue weighted by molar-refractivity contribution is 0.101. The van der Waals surface area contributed by atoms with Gasteiger partial charge in [0.25, 0.3) is 0 Å². The summed E-state index contributed by atoms with van der Waals surface area (Å²) in [7, 11) is 0. The van der Waals surface area contributed by atoms with Gasteiger partial charge in [-0.05, 0) is 32.2 Å². The van der Waals surface area contributed by atoms with Gasteiger partial charge < -0.3 is 5.32 Å². The molecule has 2 saturated heterocycles. The van der Waals surface area contributed by atoms with E-state index in [1.54, 1.807) is 0 Å². The molecule has 6 nitrogen and oxygen atoms in total. The van der Waals surface area contributed by atoms with Gasteiger partial charge in [-0.3, -0.25) is 14.5 Å². The molecule has 3 fully saturated rings. The first-order valence-corrected chi connectivity index (χ1v) is 8.45. The summed E-state index contributed by atoms with van der Waals surface area (Å²) in [4.78, 5) is 5.25. The lowest BCUT2D eigenvalue weighted by Crippen LogP contribution is -2.50. The van der Waals surface area contributed by atoms with Crippen molar-refractivity contribution in [1.82, 2.24) is 30.1 Å². The highest BCUT2D eigenvalue weighted by Crippen LogP contribution is 2.21. The number of nitrogens with one attached hydrogen (secondary N) is 1. The predicted octanol–water partition coefficient (Wildman–Crippen LogP) is 0.310. The second-order valence-electron chi connectivity index (χ2n) is 6.76. The SMILES string of the molecule is c1c(CNC2CC2)nnn1CCN1CCN2CCCC2C1. The van der Waals surface area contributed by atoms with E-state index in [2.05, 4.69) is 31.6 Å². The smallest absolute Gasteiger partial charge is 0.0964 e. The van der Waals surface area contributed by atoms with Crippen LogP contribution in [-0.4, -0.2) is 69.6 Å². The molecule has 6 heteroatoms. The van der Waals surface area contributed by atoms with Gasteiger partial charge in [-0.1, -0.05) is 5.21 Å². The summed E-state index contributed by atoms with van der Waals surface area (Å²) < 4.78 is 2.00. The highest BCUT2D eigenvalue weighted by molar-refractivity contribution is 4.94. The van der Waals surface area contributed by atoms with Crippen LogP contribution in [0, 0.1) is 0 Å². The zero-order valence-electron chi connectivity index (χ0n) is 12.7. The predicted molar refractivity (Wildman–Crippen MR) is 80.9 cm³/mol. The fraction of sp³-hybridized carbons (Fsp3) is 0.867. The van der Waals surface area contributed by atoms with Gasteiger partial charge in [0.1, 0.15) is 0 Å².